The van der Waals surface area contributed by atoms with Gasteiger partial charge in [0.25, 0.3) is 0 Å². The first-order chi connectivity index (χ1) is 8.65. The van der Waals surface area contributed by atoms with Gasteiger partial charge in [0.1, 0.15) is 6.10 Å². The van der Waals surface area contributed by atoms with Gasteiger partial charge in [0.2, 0.25) is 0 Å². The van der Waals surface area contributed by atoms with E-state index < -0.39 is 0 Å². The molecular weight excluding hydrogens is 298 g/mol. The van der Waals surface area contributed by atoms with Crippen LogP contribution in [0.2, 0.25) is 0 Å². The molecule has 94 valence electrons. The molecule has 6 heteroatoms. The van der Waals surface area contributed by atoms with E-state index in [0.29, 0.717) is 12.1 Å². The molecule has 0 spiro atoms. The monoisotopic (exact) mass is 309 g/mol. The Morgan fingerprint density at radius 3 is 3.06 bits per heavy atom. The zero-order valence-corrected chi connectivity index (χ0v) is 11.4. The van der Waals surface area contributed by atoms with Gasteiger partial charge in [-0.15, -0.1) is 0 Å². The molecule has 0 amide bonds. The van der Waals surface area contributed by atoms with Gasteiger partial charge in [-0.05, 0) is 35.0 Å². The van der Waals surface area contributed by atoms with E-state index in [9.17, 15) is 4.79 Å². The molecule has 0 unspecified atom stereocenters. The van der Waals surface area contributed by atoms with Crippen molar-refractivity contribution in [1.82, 2.24) is 14.8 Å². The van der Waals surface area contributed by atoms with Crippen LogP contribution in [0.15, 0.2) is 41.4 Å². The molecule has 0 saturated carbocycles. The van der Waals surface area contributed by atoms with Crippen LogP contribution in [0.5, 0.6) is 0 Å². The number of nitrogens with zero attached hydrogens (tertiary/aromatic N) is 3. The van der Waals surface area contributed by atoms with Gasteiger partial charge in [-0.2, -0.15) is 5.10 Å². The van der Waals surface area contributed by atoms with Crippen molar-refractivity contribution in [1.29, 1.82) is 0 Å². The molecule has 0 bridgehead atoms. The lowest BCUT2D eigenvalue weighted by Gasteiger charge is -2.13. The van der Waals surface area contributed by atoms with Crippen LogP contribution in [0.4, 0.5) is 0 Å². The Hall–Kier alpha value is -1.69. The summed E-state index contributed by atoms with van der Waals surface area (Å²) in [4.78, 5) is 15.7. The summed E-state index contributed by atoms with van der Waals surface area (Å²) in [6.45, 7) is 2.35. The molecule has 0 aromatic carbocycles. The highest BCUT2D eigenvalue weighted by Crippen LogP contribution is 2.11. The second-order valence-electron chi connectivity index (χ2n) is 3.84. The third-order valence-corrected chi connectivity index (χ3v) is 2.69. The summed E-state index contributed by atoms with van der Waals surface area (Å²) < 4.78 is 7.77. The van der Waals surface area contributed by atoms with Crippen LogP contribution in [-0.4, -0.2) is 26.8 Å². The average Bonchev–Trinajstić information content (AvgIpc) is 2.81. The molecule has 18 heavy (non-hydrogen) atoms. The quantitative estimate of drug-likeness (QED) is 0.813. The maximum Gasteiger partial charge on any atom is 0.340 e. The molecule has 0 saturated heterocycles. The highest BCUT2D eigenvalue weighted by Gasteiger charge is 2.13. The van der Waals surface area contributed by atoms with Crippen LogP contribution in [-0.2, 0) is 11.3 Å². The van der Waals surface area contributed by atoms with E-state index in [0.717, 1.165) is 4.47 Å². The largest absolute Gasteiger partial charge is 0.457 e. The van der Waals surface area contributed by atoms with Crippen molar-refractivity contribution in [3.8, 4) is 0 Å². The van der Waals surface area contributed by atoms with Crippen LogP contribution >= 0.6 is 15.9 Å². The van der Waals surface area contributed by atoms with Crippen LogP contribution < -0.4 is 0 Å². The molecule has 2 aromatic heterocycles. The molecule has 2 rings (SSSR count). The van der Waals surface area contributed by atoms with Gasteiger partial charge < -0.3 is 4.74 Å². The van der Waals surface area contributed by atoms with Gasteiger partial charge in [0.15, 0.2) is 0 Å². The summed E-state index contributed by atoms with van der Waals surface area (Å²) in [7, 11) is 0. The van der Waals surface area contributed by atoms with Crippen molar-refractivity contribution in [2.75, 3.05) is 0 Å². The second kappa shape index (κ2) is 5.77. The molecular formula is C12H12BrN3O2. The number of aromatic nitrogens is 3. The van der Waals surface area contributed by atoms with Gasteiger partial charge >= 0.3 is 5.97 Å². The van der Waals surface area contributed by atoms with Gasteiger partial charge in [0, 0.05) is 29.3 Å². The number of hydrogen-bond acceptors (Lipinski definition) is 4. The zero-order valence-electron chi connectivity index (χ0n) is 9.78. The van der Waals surface area contributed by atoms with Crippen LogP contribution in [0.25, 0.3) is 0 Å². The fourth-order valence-corrected chi connectivity index (χ4v) is 1.85. The van der Waals surface area contributed by atoms with Crippen molar-refractivity contribution in [2.24, 2.45) is 0 Å². The molecule has 0 radical (unpaired) electrons. The molecule has 0 fully saturated rings. The molecule has 0 aliphatic rings. The van der Waals surface area contributed by atoms with Crippen LogP contribution in [0, 0.1) is 0 Å². The third kappa shape index (κ3) is 3.40. The van der Waals surface area contributed by atoms with Crippen LogP contribution in [0.3, 0.4) is 0 Å². The molecule has 5 nitrogen and oxygen atoms in total. The lowest BCUT2D eigenvalue weighted by molar-refractivity contribution is 0.0298. The van der Waals surface area contributed by atoms with E-state index in [2.05, 4.69) is 26.0 Å². The highest BCUT2D eigenvalue weighted by molar-refractivity contribution is 9.10. The van der Waals surface area contributed by atoms with Crippen molar-refractivity contribution in [3.05, 3.63) is 47.0 Å². The topological polar surface area (TPSA) is 57.0 Å². The maximum absolute atomic E-state index is 11.8. The standard InChI is InChI=1S/C12H12BrN3O2/c1-9(8-16-4-2-3-15-16)18-12(17)10-5-11(13)7-14-6-10/h2-7,9H,8H2,1H3/t9-/m1/s1. The minimum atomic E-state index is -0.386. The van der Waals surface area contributed by atoms with E-state index in [1.165, 1.54) is 6.20 Å². The van der Waals surface area contributed by atoms with Crippen molar-refractivity contribution >= 4 is 21.9 Å². The summed E-state index contributed by atoms with van der Waals surface area (Å²) >= 11 is 3.26. The lowest BCUT2D eigenvalue weighted by atomic mass is 10.3. The first kappa shape index (κ1) is 12.8. The minimum Gasteiger partial charge on any atom is -0.457 e. The zero-order chi connectivity index (χ0) is 13.0. The smallest absolute Gasteiger partial charge is 0.340 e. The molecule has 1 atom stereocenters. The Balaban J connectivity index is 1.95. The molecule has 0 aliphatic carbocycles. The van der Waals surface area contributed by atoms with E-state index >= 15 is 0 Å². The normalized spacial score (nSPS) is 12.1. The molecule has 2 aromatic rings. The summed E-state index contributed by atoms with van der Waals surface area (Å²) in [5.74, 6) is -0.386. The summed E-state index contributed by atoms with van der Waals surface area (Å²) in [6.07, 6.45) is 6.35. The highest BCUT2D eigenvalue weighted by atomic mass is 79.9. The summed E-state index contributed by atoms with van der Waals surface area (Å²) in [6, 6.07) is 3.50. The lowest BCUT2D eigenvalue weighted by Crippen LogP contribution is -2.21. The Morgan fingerprint density at radius 2 is 2.39 bits per heavy atom. The number of hydrogen-bond donors (Lipinski definition) is 0. The Labute approximate surface area is 113 Å². The van der Waals surface area contributed by atoms with E-state index in [1.54, 1.807) is 23.1 Å². The third-order valence-electron chi connectivity index (χ3n) is 2.25. The maximum atomic E-state index is 11.8. The second-order valence-corrected chi connectivity index (χ2v) is 4.75. The predicted molar refractivity (Wildman–Crippen MR) is 69.0 cm³/mol. The van der Waals surface area contributed by atoms with Gasteiger partial charge in [-0.1, -0.05) is 0 Å². The van der Waals surface area contributed by atoms with Crippen molar-refractivity contribution in [2.45, 2.75) is 19.6 Å². The fourth-order valence-electron chi connectivity index (χ4n) is 1.48. The first-order valence-electron chi connectivity index (χ1n) is 5.44. The number of pyridine rings is 1. The fraction of sp³-hybridized carbons (Fsp3) is 0.250. The van der Waals surface area contributed by atoms with Crippen molar-refractivity contribution < 1.29 is 9.53 Å². The van der Waals surface area contributed by atoms with E-state index in [-0.39, 0.29) is 12.1 Å². The Morgan fingerprint density at radius 1 is 1.56 bits per heavy atom. The Kier molecular flexibility index (Phi) is 4.09. The number of rotatable bonds is 4. The summed E-state index contributed by atoms with van der Waals surface area (Å²) in [5.41, 5.74) is 0.427. The van der Waals surface area contributed by atoms with Crippen LogP contribution in [0.1, 0.15) is 17.3 Å². The van der Waals surface area contributed by atoms with Crippen molar-refractivity contribution in [3.63, 3.8) is 0 Å². The number of halogens is 1. The van der Waals surface area contributed by atoms with Gasteiger partial charge in [-0.3, -0.25) is 9.67 Å². The molecule has 2 heterocycles. The number of ether oxygens (including phenoxy) is 1. The van der Waals surface area contributed by atoms with E-state index in [1.807, 2.05) is 19.2 Å². The average molecular weight is 310 g/mol. The number of esters is 1. The minimum absolute atomic E-state index is 0.253. The predicted octanol–water partition coefficient (Wildman–Crippen LogP) is 2.29. The van der Waals surface area contributed by atoms with Gasteiger partial charge in [-0.25, -0.2) is 4.79 Å². The number of carbonyl (C=O) groups excluding carboxylic acids is 1. The Bertz CT molecular complexity index is 528. The van der Waals surface area contributed by atoms with Gasteiger partial charge in [0.05, 0.1) is 12.1 Å². The molecule has 0 N–H and O–H groups in total. The SMILES string of the molecule is C[C@H](Cn1cccn1)OC(=O)c1cncc(Br)c1. The van der Waals surface area contributed by atoms with E-state index in [4.69, 9.17) is 4.74 Å². The molecule has 0 aliphatic heterocycles. The first-order valence-corrected chi connectivity index (χ1v) is 6.23. The number of carbonyl (C=O) groups is 1. The summed E-state index contributed by atoms with van der Waals surface area (Å²) in [5, 5.41) is 4.06.